The van der Waals surface area contributed by atoms with Crippen LogP contribution in [-0.2, 0) is 0 Å². The second-order valence-electron chi connectivity index (χ2n) is 6.93. The number of H-pyrrole nitrogens is 1. The van der Waals surface area contributed by atoms with Crippen molar-refractivity contribution in [2.45, 2.75) is 31.8 Å². The summed E-state index contributed by atoms with van der Waals surface area (Å²) in [4.78, 5) is 17.6. The quantitative estimate of drug-likeness (QED) is 0.674. The molecule has 2 aromatic carbocycles. The molecule has 0 amide bonds. The van der Waals surface area contributed by atoms with Gasteiger partial charge >= 0.3 is 5.69 Å². The van der Waals surface area contributed by atoms with Gasteiger partial charge in [0.1, 0.15) is 5.82 Å². The third-order valence-electron chi connectivity index (χ3n) is 5.45. The molecule has 1 N–H and O–H groups in total. The maximum absolute atomic E-state index is 14.3. The van der Waals surface area contributed by atoms with E-state index in [2.05, 4.69) is 25.8 Å². The first-order chi connectivity index (χ1) is 12.5. The third-order valence-corrected chi connectivity index (χ3v) is 5.94. The predicted octanol–water partition coefficient (Wildman–Crippen LogP) is 4.63. The summed E-state index contributed by atoms with van der Waals surface area (Å²) in [7, 11) is 0. The van der Waals surface area contributed by atoms with Crippen LogP contribution in [-0.4, -0.2) is 27.5 Å². The number of hydrogen-bond acceptors (Lipinski definition) is 2. The van der Waals surface area contributed by atoms with Gasteiger partial charge in [-0.3, -0.25) is 9.47 Å². The lowest BCUT2D eigenvalue weighted by atomic mass is 9.99. The van der Waals surface area contributed by atoms with Gasteiger partial charge in [-0.2, -0.15) is 0 Å². The van der Waals surface area contributed by atoms with E-state index in [4.69, 9.17) is 0 Å². The first-order valence-corrected chi connectivity index (χ1v) is 9.72. The number of benzene rings is 2. The molecule has 0 radical (unpaired) electrons. The van der Waals surface area contributed by atoms with Crippen molar-refractivity contribution in [3.8, 4) is 0 Å². The van der Waals surface area contributed by atoms with E-state index >= 15 is 0 Å². The van der Waals surface area contributed by atoms with Crippen LogP contribution in [0.1, 0.15) is 37.4 Å². The van der Waals surface area contributed by atoms with Gasteiger partial charge in [0.15, 0.2) is 0 Å². The number of para-hydroxylation sites is 2. The van der Waals surface area contributed by atoms with Gasteiger partial charge in [-0.25, -0.2) is 9.18 Å². The van der Waals surface area contributed by atoms with Crippen molar-refractivity contribution in [1.29, 1.82) is 0 Å². The minimum atomic E-state index is -0.179. The molecule has 1 aliphatic heterocycles. The monoisotopic (exact) mass is 417 g/mol. The largest absolute Gasteiger partial charge is 0.326 e. The molecular weight excluding hydrogens is 397 g/mol. The van der Waals surface area contributed by atoms with Gasteiger partial charge in [-0.05, 0) is 44.0 Å². The van der Waals surface area contributed by atoms with Crippen molar-refractivity contribution in [3.63, 3.8) is 0 Å². The highest BCUT2D eigenvalue weighted by Gasteiger charge is 2.27. The number of aromatic amines is 1. The molecule has 1 aliphatic rings. The van der Waals surface area contributed by atoms with Crippen molar-refractivity contribution >= 4 is 27.0 Å². The van der Waals surface area contributed by atoms with Gasteiger partial charge in [0.05, 0.1) is 11.0 Å². The second-order valence-corrected chi connectivity index (χ2v) is 7.84. The molecule has 0 saturated carbocycles. The fraction of sp³-hybridized carbons (Fsp3) is 0.350. The molecule has 1 unspecified atom stereocenters. The van der Waals surface area contributed by atoms with Crippen molar-refractivity contribution in [3.05, 3.63) is 68.8 Å². The molecule has 6 heteroatoms. The van der Waals surface area contributed by atoms with E-state index in [0.717, 1.165) is 47.0 Å². The first kappa shape index (κ1) is 17.5. The molecule has 1 fully saturated rings. The Morgan fingerprint density at radius 2 is 1.92 bits per heavy atom. The van der Waals surface area contributed by atoms with Crippen LogP contribution < -0.4 is 5.69 Å². The van der Waals surface area contributed by atoms with Crippen LogP contribution in [0.25, 0.3) is 11.0 Å². The average molecular weight is 418 g/mol. The van der Waals surface area contributed by atoms with E-state index in [0.29, 0.717) is 0 Å². The van der Waals surface area contributed by atoms with Crippen LogP contribution in [0.4, 0.5) is 4.39 Å². The Bertz CT molecular complexity index is 988. The van der Waals surface area contributed by atoms with E-state index in [-0.39, 0.29) is 23.6 Å². The molecular formula is C20H21BrFN3O. The Kier molecular flexibility index (Phi) is 4.71. The summed E-state index contributed by atoms with van der Waals surface area (Å²) < 4.78 is 16.9. The molecule has 4 rings (SSSR count). The maximum atomic E-state index is 14.3. The number of rotatable bonds is 3. The summed E-state index contributed by atoms with van der Waals surface area (Å²) in [5, 5.41) is 0. The Hall–Kier alpha value is -1.92. The first-order valence-electron chi connectivity index (χ1n) is 8.93. The normalized spacial score (nSPS) is 17.7. The highest BCUT2D eigenvalue weighted by molar-refractivity contribution is 9.10. The maximum Gasteiger partial charge on any atom is 0.326 e. The lowest BCUT2D eigenvalue weighted by Gasteiger charge is -2.36. The molecule has 0 aliphatic carbocycles. The third kappa shape index (κ3) is 3.12. The van der Waals surface area contributed by atoms with Gasteiger partial charge in [-0.15, -0.1) is 0 Å². The number of fused-ring (bicyclic) bond motifs is 1. The molecule has 4 nitrogen and oxygen atoms in total. The lowest BCUT2D eigenvalue weighted by Crippen LogP contribution is -2.38. The molecule has 2 heterocycles. The number of hydrogen-bond donors (Lipinski definition) is 1. The van der Waals surface area contributed by atoms with Crippen LogP contribution in [0.15, 0.2) is 51.7 Å². The van der Waals surface area contributed by atoms with Crippen LogP contribution in [0.5, 0.6) is 0 Å². The summed E-state index contributed by atoms with van der Waals surface area (Å²) in [6, 6.07) is 13.2. The number of imidazole rings is 1. The Morgan fingerprint density at radius 1 is 1.19 bits per heavy atom. The zero-order valence-electron chi connectivity index (χ0n) is 14.6. The van der Waals surface area contributed by atoms with Crippen molar-refractivity contribution in [1.82, 2.24) is 14.5 Å². The SMILES string of the molecule is CC(c1ccc(Br)cc1F)N1CCC(n2c(=O)[nH]c3ccccc32)CC1. The van der Waals surface area contributed by atoms with E-state index in [1.165, 1.54) is 6.07 Å². The van der Waals surface area contributed by atoms with E-state index in [9.17, 15) is 9.18 Å². The highest BCUT2D eigenvalue weighted by Crippen LogP contribution is 2.31. The second kappa shape index (κ2) is 7.00. The highest BCUT2D eigenvalue weighted by atomic mass is 79.9. The predicted molar refractivity (Wildman–Crippen MR) is 105 cm³/mol. The summed E-state index contributed by atoms with van der Waals surface area (Å²) in [5.41, 5.74) is 2.51. The zero-order valence-corrected chi connectivity index (χ0v) is 16.2. The summed E-state index contributed by atoms with van der Waals surface area (Å²) in [6.07, 6.45) is 1.76. The van der Waals surface area contributed by atoms with Gasteiger partial charge in [0.25, 0.3) is 0 Å². The number of nitrogens with one attached hydrogen (secondary N) is 1. The number of nitrogens with zero attached hydrogens (tertiary/aromatic N) is 2. The van der Waals surface area contributed by atoms with Gasteiger partial charge in [-0.1, -0.05) is 34.1 Å². The summed E-state index contributed by atoms with van der Waals surface area (Å²) in [6.45, 7) is 3.73. The molecule has 136 valence electrons. The molecule has 1 saturated heterocycles. The van der Waals surface area contributed by atoms with Crippen LogP contribution in [0.2, 0.25) is 0 Å². The molecule has 3 aromatic rings. The topological polar surface area (TPSA) is 41.0 Å². The van der Waals surface area contributed by atoms with Crippen molar-refractivity contribution in [2.75, 3.05) is 13.1 Å². The number of likely N-dealkylation sites (tertiary alicyclic amines) is 1. The summed E-state index contributed by atoms with van der Waals surface area (Å²) in [5.74, 6) is -0.179. The summed E-state index contributed by atoms with van der Waals surface area (Å²) >= 11 is 3.31. The fourth-order valence-corrected chi connectivity index (χ4v) is 4.34. The van der Waals surface area contributed by atoms with Crippen LogP contribution in [0, 0.1) is 5.82 Å². The zero-order chi connectivity index (χ0) is 18.3. The molecule has 1 atom stereocenters. The smallest absolute Gasteiger partial charge is 0.306 e. The van der Waals surface area contributed by atoms with Gasteiger partial charge < -0.3 is 4.98 Å². The Labute approximate surface area is 159 Å². The molecule has 0 bridgehead atoms. The Morgan fingerprint density at radius 3 is 2.65 bits per heavy atom. The molecule has 0 spiro atoms. The fourth-order valence-electron chi connectivity index (χ4n) is 4.01. The number of piperidine rings is 1. The molecule has 26 heavy (non-hydrogen) atoms. The van der Waals surface area contributed by atoms with E-state index in [1.54, 1.807) is 0 Å². The van der Waals surface area contributed by atoms with Gasteiger partial charge in [0, 0.05) is 35.2 Å². The molecule has 1 aromatic heterocycles. The number of aromatic nitrogens is 2. The number of halogens is 2. The lowest BCUT2D eigenvalue weighted by molar-refractivity contribution is 0.141. The van der Waals surface area contributed by atoms with Crippen LogP contribution >= 0.6 is 15.9 Å². The van der Waals surface area contributed by atoms with Gasteiger partial charge in [0.2, 0.25) is 0 Å². The minimum absolute atomic E-state index is 0.0174. The standard InChI is InChI=1S/C20H21BrFN3O/c1-13(16-7-6-14(21)12-17(16)22)24-10-8-15(9-11-24)25-19-5-3-2-4-18(19)23-20(25)26/h2-7,12-13,15H,8-11H2,1H3,(H,23,26). The Balaban J connectivity index is 1.52. The van der Waals surface area contributed by atoms with Crippen molar-refractivity contribution < 1.29 is 4.39 Å². The van der Waals surface area contributed by atoms with E-state index in [1.807, 2.05) is 47.9 Å². The van der Waals surface area contributed by atoms with E-state index < -0.39 is 0 Å². The van der Waals surface area contributed by atoms with Crippen LogP contribution in [0.3, 0.4) is 0 Å². The minimum Gasteiger partial charge on any atom is -0.306 e. The average Bonchev–Trinajstić information content (AvgIpc) is 2.97. The van der Waals surface area contributed by atoms with Crippen molar-refractivity contribution in [2.24, 2.45) is 0 Å².